The zero-order valence-corrected chi connectivity index (χ0v) is 14.4. The predicted molar refractivity (Wildman–Crippen MR) is 89.3 cm³/mol. The van der Waals surface area contributed by atoms with Gasteiger partial charge in [0.05, 0.1) is 0 Å². The van der Waals surface area contributed by atoms with Gasteiger partial charge in [-0.3, -0.25) is 0 Å². The fraction of sp³-hybridized carbons (Fsp3) is 0.611. The summed E-state index contributed by atoms with van der Waals surface area (Å²) >= 11 is 0. The lowest BCUT2D eigenvalue weighted by atomic mass is 10.00. The lowest BCUT2D eigenvalue weighted by molar-refractivity contribution is -0.00753. The summed E-state index contributed by atoms with van der Waals surface area (Å²) in [7, 11) is 0. The summed E-state index contributed by atoms with van der Waals surface area (Å²) in [6, 6.07) is 4.65. The number of hydrogen-bond donors (Lipinski definition) is 1. The molecule has 0 saturated carbocycles. The predicted octanol–water partition coefficient (Wildman–Crippen LogP) is 3.72. The van der Waals surface area contributed by atoms with Crippen LogP contribution in [-0.2, 0) is 4.74 Å². The van der Waals surface area contributed by atoms with Gasteiger partial charge in [0.15, 0.2) is 11.6 Å². The van der Waals surface area contributed by atoms with E-state index in [1.165, 1.54) is 6.07 Å². The maximum Gasteiger partial charge on any atom is 0.410 e. The Morgan fingerprint density at radius 1 is 1.25 bits per heavy atom. The van der Waals surface area contributed by atoms with Crippen molar-refractivity contribution >= 4 is 11.8 Å². The largest absolute Gasteiger partial charge is 0.487 e. The molecule has 2 fully saturated rings. The average Bonchev–Trinajstić information content (AvgIpc) is 2.72. The Kier molecular flexibility index (Phi) is 4.32. The van der Waals surface area contributed by atoms with Crippen molar-refractivity contribution in [2.75, 3.05) is 5.73 Å². The number of ether oxygens (including phenoxy) is 2. The quantitative estimate of drug-likeness (QED) is 0.836. The van der Waals surface area contributed by atoms with E-state index in [-0.39, 0.29) is 30.0 Å². The summed E-state index contributed by atoms with van der Waals surface area (Å²) in [5, 5.41) is 0. The van der Waals surface area contributed by atoms with Crippen LogP contribution in [0.25, 0.3) is 0 Å². The number of fused-ring (bicyclic) bond motifs is 2. The number of nitrogens with two attached hydrogens (primary N) is 1. The van der Waals surface area contributed by atoms with Crippen molar-refractivity contribution in [3.63, 3.8) is 0 Å². The van der Waals surface area contributed by atoms with E-state index in [9.17, 15) is 9.18 Å². The minimum atomic E-state index is -0.503. The number of nitrogens with zero attached hydrogens (tertiary/aromatic N) is 1. The van der Waals surface area contributed by atoms with E-state index in [4.69, 9.17) is 15.2 Å². The maximum absolute atomic E-state index is 13.9. The minimum absolute atomic E-state index is 0.0976. The highest BCUT2D eigenvalue weighted by atomic mass is 19.1. The molecule has 0 spiro atoms. The second-order valence-corrected chi connectivity index (χ2v) is 7.67. The van der Waals surface area contributed by atoms with Gasteiger partial charge in [-0.05, 0) is 45.7 Å². The van der Waals surface area contributed by atoms with E-state index in [0.29, 0.717) is 18.5 Å². The Balaban J connectivity index is 1.66. The highest BCUT2D eigenvalue weighted by molar-refractivity contribution is 5.69. The van der Waals surface area contributed by atoms with Crippen LogP contribution >= 0.6 is 0 Å². The third kappa shape index (κ3) is 3.57. The molecule has 1 amide bonds. The molecule has 3 atom stereocenters. The first-order chi connectivity index (χ1) is 11.2. The zero-order chi connectivity index (χ0) is 17.5. The second-order valence-electron chi connectivity index (χ2n) is 7.67. The van der Waals surface area contributed by atoms with Crippen molar-refractivity contribution in [2.45, 2.75) is 70.2 Å². The van der Waals surface area contributed by atoms with Crippen LogP contribution in [0.3, 0.4) is 0 Å². The SMILES string of the molecule is CC(C)(C)OC(=O)N1[C@@H]2CC[C@H]1CC(Oc1ccc(N)cc1F)C2. The molecular formula is C18H25FN2O3. The highest BCUT2D eigenvalue weighted by Gasteiger charge is 2.45. The van der Waals surface area contributed by atoms with Crippen molar-refractivity contribution in [1.82, 2.24) is 4.90 Å². The molecule has 2 N–H and O–H groups in total. The Labute approximate surface area is 141 Å². The van der Waals surface area contributed by atoms with E-state index in [1.54, 1.807) is 12.1 Å². The first kappa shape index (κ1) is 16.9. The maximum atomic E-state index is 13.9. The van der Waals surface area contributed by atoms with Crippen LogP contribution in [0.1, 0.15) is 46.5 Å². The molecule has 2 aliphatic rings. The average molecular weight is 336 g/mol. The van der Waals surface area contributed by atoms with Gasteiger partial charge in [0.25, 0.3) is 0 Å². The van der Waals surface area contributed by atoms with Crippen LogP contribution < -0.4 is 10.5 Å². The smallest absolute Gasteiger partial charge is 0.410 e. The zero-order valence-electron chi connectivity index (χ0n) is 14.4. The molecule has 0 aliphatic carbocycles. The monoisotopic (exact) mass is 336 g/mol. The van der Waals surface area contributed by atoms with Crippen molar-refractivity contribution in [3.05, 3.63) is 24.0 Å². The van der Waals surface area contributed by atoms with Crippen molar-refractivity contribution in [3.8, 4) is 5.75 Å². The van der Waals surface area contributed by atoms with Crippen molar-refractivity contribution in [2.24, 2.45) is 0 Å². The highest BCUT2D eigenvalue weighted by Crippen LogP contribution is 2.38. The van der Waals surface area contributed by atoms with Gasteiger partial charge >= 0.3 is 6.09 Å². The third-order valence-corrected chi connectivity index (χ3v) is 4.54. The Morgan fingerprint density at radius 3 is 2.42 bits per heavy atom. The molecule has 6 heteroatoms. The number of halogens is 1. The van der Waals surface area contributed by atoms with Gasteiger partial charge in [-0.25, -0.2) is 9.18 Å². The van der Waals surface area contributed by atoms with Crippen LogP contribution in [0.2, 0.25) is 0 Å². The Bertz CT molecular complexity index is 615. The Morgan fingerprint density at radius 2 is 1.88 bits per heavy atom. The van der Waals surface area contributed by atoms with Gasteiger partial charge in [0.1, 0.15) is 11.7 Å². The molecule has 1 aromatic carbocycles. The van der Waals surface area contributed by atoms with Crippen LogP contribution in [0.5, 0.6) is 5.75 Å². The molecule has 1 unspecified atom stereocenters. The minimum Gasteiger partial charge on any atom is -0.487 e. The number of hydrogen-bond acceptors (Lipinski definition) is 4. The summed E-state index contributed by atoms with van der Waals surface area (Å²) in [5.74, 6) is -0.226. The molecule has 0 radical (unpaired) electrons. The molecule has 3 rings (SSSR count). The fourth-order valence-corrected chi connectivity index (χ4v) is 3.63. The number of rotatable bonds is 2. The molecule has 2 heterocycles. The van der Waals surface area contributed by atoms with E-state index in [2.05, 4.69) is 0 Å². The van der Waals surface area contributed by atoms with Crippen LogP contribution in [0.15, 0.2) is 18.2 Å². The second kappa shape index (κ2) is 6.15. The summed E-state index contributed by atoms with van der Waals surface area (Å²) in [6.07, 6.45) is 2.91. The van der Waals surface area contributed by atoms with Gasteiger partial charge in [-0.1, -0.05) is 0 Å². The van der Waals surface area contributed by atoms with Gasteiger partial charge < -0.3 is 20.1 Å². The molecule has 2 saturated heterocycles. The number of anilines is 1. The van der Waals surface area contributed by atoms with E-state index >= 15 is 0 Å². The summed E-state index contributed by atoms with van der Waals surface area (Å²) in [4.78, 5) is 14.3. The van der Waals surface area contributed by atoms with Crippen molar-refractivity contribution in [1.29, 1.82) is 0 Å². The molecule has 2 bridgehead atoms. The van der Waals surface area contributed by atoms with Crippen LogP contribution in [-0.4, -0.2) is 34.8 Å². The van der Waals surface area contributed by atoms with Gasteiger partial charge in [-0.2, -0.15) is 0 Å². The molecule has 1 aromatic rings. The Hall–Kier alpha value is -1.98. The van der Waals surface area contributed by atoms with E-state index in [1.807, 2.05) is 25.7 Å². The number of carbonyl (C=O) groups excluding carboxylic acids is 1. The van der Waals surface area contributed by atoms with Gasteiger partial charge in [-0.15, -0.1) is 0 Å². The molecule has 132 valence electrons. The molecule has 24 heavy (non-hydrogen) atoms. The lowest BCUT2D eigenvalue weighted by Crippen LogP contribution is -2.50. The fourth-order valence-electron chi connectivity index (χ4n) is 3.63. The molecular weight excluding hydrogens is 311 g/mol. The van der Waals surface area contributed by atoms with Gasteiger partial charge in [0.2, 0.25) is 0 Å². The van der Waals surface area contributed by atoms with Crippen LogP contribution in [0, 0.1) is 5.82 Å². The van der Waals surface area contributed by atoms with Gasteiger partial charge in [0, 0.05) is 36.7 Å². The number of piperidine rings is 1. The summed E-state index contributed by atoms with van der Waals surface area (Å²) in [6.45, 7) is 5.60. The summed E-state index contributed by atoms with van der Waals surface area (Å²) < 4.78 is 25.3. The van der Waals surface area contributed by atoms with E-state index in [0.717, 1.165) is 12.8 Å². The van der Waals surface area contributed by atoms with Crippen LogP contribution in [0.4, 0.5) is 14.9 Å². The topological polar surface area (TPSA) is 64.8 Å². The standard InChI is InChI=1S/C18H25FN2O3/c1-18(2,3)24-17(22)21-12-5-6-13(21)10-14(9-12)23-16-7-4-11(20)8-15(16)19/h4,7-8,12-14H,5-6,9-10,20H2,1-3H3/t12-,13+,14?. The van der Waals surface area contributed by atoms with E-state index < -0.39 is 11.4 Å². The number of carbonyl (C=O) groups is 1. The molecule has 5 nitrogen and oxygen atoms in total. The normalized spacial score (nSPS) is 26.3. The van der Waals surface area contributed by atoms with Crippen molar-refractivity contribution < 1.29 is 18.7 Å². The molecule has 2 aliphatic heterocycles. The first-order valence-corrected chi connectivity index (χ1v) is 8.46. The lowest BCUT2D eigenvalue weighted by Gasteiger charge is -2.39. The number of benzene rings is 1. The third-order valence-electron chi connectivity index (χ3n) is 4.54. The summed E-state index contributed by atoms with van der Waals surface area (Å²) in [5.41, 5.74) is 5.43. The first-order valence-electron chi connectivity index (χ1n) is 8.46. The number of nitrogen functional groups attached to an aromatic ring is 1. The number of amides is 1. The molecule has 0 aromatic heterocycles.